The second-order valence-electron chi connectivity index (χ2n) is 3.39. The van der Waals surface area contributed by atoms with Crippen molar-refractivity contribution in [2.75, 3.05) is 0 Å². The summed E-state index contributed by atoms with van der Waals surface area (Å²) in [6.45, 7) is 2.13. The van der Waals surface area contributed by atoms with Gasteiger partial charge in [0.2, 0.25) is 5.89 Å². The van der Waals surface area contributed by atoms with Gasteiger partial charge in [0.15, 0.2) is 11.6 Å². The number of carbonyl (C=O) groups is 1. The van der Waals surface area contributed by atoms with Crippen molar-refractivity contribution in [3.63, 3.8) is 0 Å². The first-order valence-corrected chi connectivity index (χ1v) is 5.05. The van der Waals surface area contributed by atoms with E-state index in [0.717, 1.165) is 0 Å². The largest absolute Gasteiger partial charge is 0.455 e. The van der Waals surface area contributed by atoms with Gasteiger partial charge in [-0.25, -0.2) is 0 Å². The van der Waals surface area contributed by atoms with Crippen molar-refractivity contribution in [1.82, 2.24) is 15.5 Å². The number of carbonyl (C=O) groups excluding carboxylic acids is 1. The van der Waals surface area contributed by atoms with Gasteiger partial charge in [0.25, 0.3) is 5.91 Å². The number of hydrogen-bond donors (Lipinski definition) is 2. The number of aromatic nitrogens is 2. The Morgan fingerprint density at radius 2 is 2.35 bits per heavy atom. The second-order valence-corrected chi connectivity index (χ2v) is 3.39. The normalized spacial score (nSPS) is 10.5. The molecule has 0 saturated heterocycles. The van der Waals surface area contributed by atoms with Crippen LogP contribution in [0.1, 0.15) is 28.0 Å². The number of nitrogens with one attached hydrogen (secondary N) is 1. The third-order valence-electron chi connectivity index (χ3n) is 2.06. The van der Waals surface area contributed by atoms with Crippen LogP contribution in [0.3, 0.4) is 0 Å². The fraction of sp³-hybridized carbons (Fsp3) is 0.300. The molecule has 0 aliphatic heterocycles. The number of rotatable bonds is 4. The molecule has 0 aliphatic carbocycles. The fourth-order valence-electron chi connectivity index (χ4n) is 1.26. The third-order valence-corrected chi connectivity index (χ3v) is 2.06. The highest BCUT2D eigenvalue weighted by Gasteiger charge is 2.11. The molecule has 1 amide bonds. The molecular formula is C10H12N4O3. The van der Waals surface area contributed by atoms with Gasteiger partial charge < -0.3 is 20.0 Å². The highest BCUT2D eigenvalue weighted by atomic mass is 16.5. The van der Waals surface area contributed by atoms with Crippen LogP contribution in [0.15, 0.2) is 21.1 Å². The van der Waals surface area contributed by atoms with E-state index in [2.05, 4.69) is 15.5 Å². The number of furan rings is 1. The van der Waals surface area contributed by atoms with Gasteiger partial charge >= 0.3 is 0 Å². The topological polar surface area (TPSA) is 107 Å². The molecule has 0 saturated carbocycles. The Balaban J connectivity index is 1.93. The molecule has 7 nitrogen and oxygen atoms in total. The molecule has 2 aromatic rings. The lowest BCUT2D eigenvalue weighted by atomic mass is 10.4. The average Bonchev–Trinajstić information content (AvgIpc) is 2.94. The fourth-order valence-corrected chi connectivity index (χ4v) is 1.26. The Morgan fingerprint density at radius 3 is 2.94 bits per heavy atom. The zero-order valence-corrected chi connectivity index (χ0v) is 9.27. The van der Waals surface area contributed by atoms with Crippen LogP contribution in [-0.4, -0.2) is 16.0 Å². The van der Waals surface area contributed by atoms with Gasteiger partial charge in [-0.1, -0.05) is 5.16 Å². The standard InChI is InChI=1S/C10H12N4O3/c1-6-13-9(17-14-6)5-12-10(15)8-3-2-7(4-11)16-8/h2-3H,4-5,11H2,1H3,(H,12,15). The number of nitrogens with zero attached hydrogens (tertiary/aromatic N) is 2. The summed E-state index contributed by atoms with van der Waals surface area (Å²) in [5, 5.41) is 6.20. The summed E-state index contributed by atoms with van der Waals surface area (Å²) in [7, 11) is 0. The lowest BCUT2D eigenvalue weighted by molar-refractivity contribution is 0.0916. The first-order chi connectivity index (χ1) is 8.19. The van der Waals surface area contributed by atoms with Crippen molar-refractivity contribution in [2.45, 2.75) is 20.0 Å². The second kappa shape index (κ2) is 4.79. The molecule has 2 rings (SSSR count). The first kappa shape index (κ1) is 11.3. The number of nitrogens with two attached hydrogens (primary N) is 1. The van der Waals surface area contributed by atoms with Crippen molar-refractivity contribution in [1.29, 1.82) is 0 Å². The summed E-state index contributed by atoms with van der Waals surface area (Å²) in [6.07, 6.45) is 0. The SMILES string of the molecule is Cc1noc(CNC(=O)c2ccc(CN)o2)n1. The van der Waals surface area contributed by atoms with Crippen LogP contribution in [-0.2, 0) is 13.1 Å². The Bertz CT molecular complexity index is 517. The van der Waals surface area contributed by atoms with Crippen LogP contribution in [0, 0.1) is 6.92 Å². The lowest BCUT2D eigenvalue weighted by Gasteiger charge is -1.98. The highest BCUT2D eigenvalue weighted by Crippen LogP contribution is 2.07. The first-order valence-electron chi connectivity index (χ1n) is 5.05. The zero-order valence-electron chi connectivity index (χ0n) is 9.27. The average molecular weight is 236 g/mol. The van der Waals surface area contributed by atoms with E-state index in [1.807, 2.05) is 0 Å². The minimum atomic E-state index is -0.347. The monoisotopic (exact) mass is 236 g/mol. The Morgan fingerprint density at radius 1 is 1.53 bits per heavy atom. The van der Waals surface area contributed by atoms with E-state index in [9.17, 15) is 4.79 Å². The van der Waals surface area contributed by atoms with Crippen molar-refractivity contribution < 1.29 is 13.7 Å². The Kier molecular flexibility index (Phi) is 3.20. The molecule has 90 valence electrons. The zero-order chi connectivity index (χ0) is 12.3. The molecule has 0 atom stereocenters. The predicted molar refractivity (Wildman–Crippen MR) is 56.8 cm³/mol. The van der Waals surface area contributed by atoms with E-state index in [4.69, 9.17) is 14.7 Å². The molecular weight excluding hydrogens is 224 g/mol. The summed E-state index contributed by atoms with van der Waals surface area (Å²) >= 11 is 0. The third kappa shape index (κ3) is 2.70. The molecule has 0 spiro atoms. The molecule has 0 bridgehead atoms. The molecule has 2 heterocycles. The molecule has 17 heavy (non-hydrogen) atoms. The van der Waals surface area contributed by atoms with Gasteiger partial charge in [0.05, 0.1) is 13.1 Å². The maximum absolute atomic E-state index is 11.6. The molecule has 0 aromatic carbocycles. The summed E-state index contributed by atoms with van der Waals surface area (Å²) in [4.78, 5) is 15.6. The van der Waals surface area contributed by atoms with Crippen molar-refractivity contribution in [2.24, 2.45) is 5.73 Å². The quantitative estimate of drug-likeness (QED) is 0.793. The maximum Gasteiger partial charge on any atom is 0.287 e. The van der Waals surface area contributed by atoms with E-state index < -0.39 is 0 Å². The van der Waals surface area contributed by atoms with Crippen molar-refractivity contribution in [3.05, 3.63) is 35.4 Å². The predicted octanol–water partition coefficient (Wildman–Crippen LogP) is 0.360. The number of amides is 1. The van der Waals surface area contributed by atoms with Crippen LogP contribution in [0.25, 0.3) is 0 Å². The molecule has 2 aromatic heterocycles. The molecule has 7 heteroatoms. The van der Waals surface area contributed by atoms with Crippen LogP contribution < -0.4 is 11.1 Å². The van der Waals surface area contributed by atoms with Crippen molar-refractivity contribution in [3.8, 4) is 0 Å². The van der Waals surface area contributed by atoms with E-state index in [1.165, 1.54) is 0 Å². The smallest absolute Gasteiger partial charge is 0.287 e. The Labute approximate surface area is 97.0 Å². The van der Waals surface area contributed by atoms with E-state index in [1.54, 1.807) is 19.1 Å². The van der Waals surface area contributed by atoms with Gasteiger partial charge in [-0.2, -0.15) is 4.98 Å². The molecule has 0 unspecified atom stereocenters. The molecule has 0 aliphatic rings. The molecule has 3 N–H and O–H groups in total. The number of aryl methyl sites for hydroxylation is 1. The summed E-state index contributed by atoms with van der Waals surface area (Å²) in [5.74, 6) is 1.30. The van der Waals surface area contributed by atoms with E-state index in [0.29, 0.717) is 17.5 Å². The van der Waals surface area contributed by atoms with Crippen LogP contribution in [0.5, 0.6) is 0 Å². The van der Waals surface area contributed by atoms with Gasteiger partial charge in [-0.3, -0.25) is 4.79 Å². The van der Waals surface area contributed by atoms with Crippen LogP contribution in [0.4, 0.5) is 0 Å². The minimum Gasteiger partial charge on any atom is -0.455 e. The van der Waals surface area contributed by atoms with E-state index in [-0.39, 0.29) is 24.8 Å². The van der Waals surface area contributed by atoms with Crippen molar-refractivity contribution >= 4 is 5.91 Å². The van der Waals surface area contributed by atoms with Gasteiger partial charge in [0, 0.05) is 0 Å². The maximum atomic E-state index is 11.6. The van der Waals surface area contributed by atoms with Crippen LogP contribution in [0.2, 0.25) is 0 Å². The number of hydrogen-bond acceptors (Lipinski definition) is 6. The summed E-state index contributed by atoms with van der Waals surface area (Å²) in [6, 6.07) is 3.22. The van der Waals surface area contributed by atoms with E-state index >= 15 is 0 Å². The lowest BCUT2D eigenvalue weighted by Crippen LogP contribution is -2.22. The minimum absolute atomic E-state index is 0.165. The molecule has 0 radical (unpaired) electrons. The van der Waals surface area contributed by atoms with Gasteiger partial charge in [0.1, 0.15) is 5.76 Å². The van der Waals surface area contributed by atoms with Crippen LogP contribution >= 0.6 is 0 Å². The van der Waals surface area contributed by atoms with Gasteiger partial charge in [-0.05, 0) is 19.1 Å². The Hall–Kier alpha value is -2.15. The summed E-state index contributed by atoms with van der Waals surface area (Å²) < 4.78 is 10.0. The molecule has 0 fully saturated rings. The summed E-state index contributed by atoms with van der Waals surface area (Å²) in [5.41, 5.74) is 5.37. The van der Waals surface area contributed by atoms with Gasteiger partial charge in [-0.15, -0.1) is 0 Å². The highest BCUT2D eigenvalue weighted by molar-refractivity contribution is 5.91.